The molecule has 0 spiro atoms. The Bertz CT molecular complexity index is 1010. The fourth-order valence-electron chi connectivity index (χ4n) is 3.85. The van der Waals surface area contributed by atoms with Crippen LogP contribution in [-0.4, -0.2) is 21.9 Å². The van der Waals surface area contributed by atoms with Crippen LogP contribution in [0.3, 0.4) is 0 Å². The number of anilines is 1. The van der Waals surface area contributed by atoms with E-state index in [-0.39, 0.29) is 17.4 Å². The van der Waals surface area contributed by atoms with Gasteiger partial charge in [-0.1, -0.05) is 19.9 Å². The molecular formula is C23H25N3OS. The molecule has 1 aliphatic rings. The van der Waals surface area contributed by atoms with E-state index in [4.69, 9.17) is 4.98 Å². The van der Waals surface area contributed by atoms with Gasteiger partial charge < -0.3 is 4.90 Å². The lowest BCUT2D eigenvalue weighted by atomic mass is 9.79. The number of aromatic nitrogens is 2. The maximum Gasteiger partial charge on any atom is 0.227 e. The number of carbonyl (C=O) groups excluding carboxylic acids is 1. The molecule has 2 aromatic heterocycles. The van der Waals surface area contributed by atoms with Gasteiger partial charge in [0.05, 0.1) is 5.69 Å². The third-order valence-corrected chi connectivity index (χ3v) is 6.33. The zero-order valence-electron chi connectivity index (χ0n) is 16.8. The molecule has 1 aromatic carbocycles. The number of thiazole rings is 1. The average Bonchev–Trinajstić information content (AvgIpc) is 3.14. The molecule has 0 fully saturated rings. The molecule has 0 radical (unpaired) electrons. The second-order valence-electron chi connectivity index (χ2n) is 8.25. The van der Waals surface area contributed by atoms with Gasteiger partial charge in [0.2, 0.25) is 5.91 Å². The number of hydrogen-bond donors (Lipinski definition) is 0. The van der Waals surface area contributed by atoms with Crippen molar-refractivity contribution in [3.8, 4) is 21.8 Å². The summed E-state index contributed by atoms with van der Waals surface area (Å²) in [6.45, 7) is 8.62. The Hall–Kier alpha value is -2.53. The molecule has 1 amide bonds. The molecule has 144 valence electrons. The standard InChI is InChI=1S/C23H25N3OS/c1-15(2)26-20-8-7-16(12-18(20)23(3,4)10-9-21(26)27)19-14-28-22(25-19)17-6-5-11-24-13-17/h5-8,11-15H,9-10H2,1-4H3. The zero-order chi connectivity index (χ0) is 19.9. The lowest BCUT2D eigenvalue weighted by Crippen LogP contribution is -2.36. The number of pyridine rings is 1. The minimum Gasteiger partial charge on any atom is -0.310 e. The molecule has 0 atom stereocenters. The molecule has 3 heterocycles. The summed E-state index contributed by atoms with van der Waals surface area (Å²) in [5.74, 6) is 0.210. The quantitative estimate of drug-likeness (QED) is 0.576. The number of benzene rings is 1. The first-order valence-electron chi connectivity index (χ1n) is 9.70. The van der Waals surface area contributed by atoms with Crippen LogP contribution >= 0.6 is 11.3 Å². The lowest BCUT2D eigenvalue weighted by molar-refractivity contribution is -0.119. The summed E-state index contributed by atoms with van der Waals surface area (Å²) in [5.41, 5.74) is 5.29. The predicted molar refractivity (Wildman–Crippen MR) is 116 cm³/mol. The van der Waals surface area contributed by atoms with E-state index in [9.17, 15) is 4.79 Å². The van der Waals surface area contributed by atoms with Crippen molar-refractivity contribution < 1.29 is 4.79 Å². The molecule has 0 saturated carbocycles. The molecule has 1 aliphatic heterocycles. The monoisotopic (exact) mass is 391 g/mol. The highest BCUT2D eigenvalue weighted by atomic mass is 32.1. The first kappa shape index (κ1) is 18.8. The van der Waals surface area contributed by atoms with E-state index >= 15 is 0 Å². The molecule has 5 heteroatoms. The highest BCUT2D eigenvalue weighted by Crippen LogP contribution is 2.42. The van der Waals surface area contributed by atoms with Crippen molar-refractivity contribution in [2.24, 2.45) is 0 Å². The van der Waals surface area contributed by atoms with Gasteiger partial charge in [0, 0.05) is 47.1 Å². The van der Waals surface area contributed by atoms with Crippen molar-refractivity contribution in [1.82, 2.24) is 9.97 Å². The minimum absolute atomic E-state index is 0.0627. The molecule has 28 heavy (non-hydrogen) atoms. The molecule has 0 aliphatic carbocycles. The Kier molecular flexibility index (Phi) is 4.79. The maximum absolute atomic E-state index is 12.7. The molecule has 0 bridgehead atoms. The van der Waals surface area contributed by atoms with E-state index in [1.54, 1.807) is 17.5 Å². The number of nitrogens with zero attached hydrogens (tertiary/aromatic N) is 3. The second-order valence-corrected chi connectivity index (χ2v) is 9.11. The third kappa shape index (κ3) is 3.35. The maximum atomic E-state index is 12.7. The van der Waals surface area contributed by atoms with Crippen molar-refractivity contribution in [2.75, 3.05) is 4.90 Å². The summed E-state index contributed by atoms with van der Waals surface area (Å²) in [7, 11) is 0. The van der Waals surface area contributed by atoms with Crippen molar-refractivity contribution in [3.05, 3.63) is 53.7 Å². The third-order valence-electron chi connectivity index (χ3n) is 5.44. The van der Waals surface area contributed by atoms with Gasteiger partial charge in [0.15, 0.2) is 0 Å². The summed E-state index contributed by atoms with van der Waals surface area (Å²) in [4.78, 5) is 23.7. The highest BCUT2D eigenvalue weighted by molar-refractivity contribution is 7.13. The Morgan fingerprint density at radius 1 is 1.18 bits per heavy atom. The van der Waals surface area contributed by atoms with Crippen molar-refractivity contribution in [2.45, 2.75) is 52.0 Å². The SMILES string of the molecule is CC(C)N1C(=O)CCC(C)(C)c2cc(-c3csc(-c4cccnc4)n3)ccc21. The summed E-state index contributed by atoms with van der Waals surface area (Å²) in [6, 6.07) is 10.5. The molecule has 0 N–H and O–H groups in total. The van der Waals surface area contributed by atoms with E-state index in [2.05, 4.69) is 56.3 Å². The Labute approximate surface area is 170 Å². The fraction of sp³-hybridized carbons (Fsp3) is 0.348. The highest BCUT2D eigenvalue weighted by Gasteiger charge is 2.34. The number of fused-ring (bicyclic) bond motifs is 1. The smallest absolute Gasteiger partial charge is 0.227 e. The van der Waals surface area contributed by atoms with Gasteiger partial charge in [-0.15, -0.1) is 11.3 Å². The number of hydrogen-bond acceptors (Lipinski definition) is 4. The van der Waals surface area contributed by atoms with Crippen LogP contribution in [0.1, 0.15) is 46.1 Å². The van der Waals surface area contributed by atoms with Crippen LogP contribution in [0.2, 0.25) is 0 Å². The first-order chi connectivity index (χ1) is 13.4. The number of carbonyl (C=O) groups is 1. The van der Waals surface area contributed by atoms with Crippen molar-refractivity contribution >= 4 is 22.9 Å². The topological polar surface area (TPSA) is 46.1 Å². The second kappa shape index (κ2) is 7.13. The predicted octanol–water partition coefficient (Wildman–Crippen LogP) is 5.68. The van der Waals surface area contributed by atoms with Crippen molar-refractivity contribution in [1.29, 1.82) is 0 Å². The fourth-order valence-corrected chi connectivity index (χ4v) is 4.67. The Balaban J connectivity index is 1.79. The Morgan fingerprint density at radius 3 is 2.71 bits per heavy atom. The van der Waals surface area contributed by atoms with Gasteiger partial charge in [0.25, 0.3) is 0 Å². The lowest BCUT2D eigenvalue weighted by Gasteiger charge is -2.30. The van der Waals surface area contributed by atoms with E-state index < -0.39 is 0 Å². The van der Waals surface area contributed by atoms with Crippen LogP contribution in [0.5, 0.6) is 0 Å². The van der Waals surface area contributed by atoms with E-state index in [1.807, 2.05) is 23.2 Å². The molecule has 3 aromatic rings. The number of amides is 1. The van der Waals surface area contributed by atoms with Gasteiger partial charge in [-0.2, -0.15) is 0 Å². The normalized spacial score (nSPS) is 16.2. The van der Waals surface area contributed by atoms with Crippen LogP contribution in [0.25, 0.3) is 21.8 Å². The van der Waals surface area contributed by atoms with Gasteiger partial charge in [0.1, 0.15) is 5.01 Å². The van der Waals surface area contributed by atoms with Crippen LogP contribution in [0.4, 0.5) is 5.69 Å². The van der Waals surface area contributed by atoms with Crippen LogP contribution in [0.15, 0.2) is 48.1 Å². The largest absolute Gasteiger partial charge is 0.310 e. The molecule has 0 unspecified atom stereocenters. The minimum atomic E-state index is -0.0627. The first-order valence-corrected chi connectivity index (χ1v) is 10.6. The van der Waals surface area contributed by atoms with Gasteiger partial charge in [-0.3, -0.25) is 9.78 Å². The summed E-state index contributed by atoms with van der Waals surface area (Å²) in [6.07, 6.45) is 5.05. The van der Waals surface area contributed by atoms with E-state index in [0.717, 1.165) is 33.9 Å². The van der Waals surface area contributed by atoms with Crippen LogP contribution < -0.4 is 4.90 Å². The van der Waals surface area contributed by atoms with Crippen LogP contribution in [-0.2, 0) is 10.2 Å². The Morgan fingerprint density at radius 2 is 2.00 bits per heavy atom. The summed E-state index contributed by atoms with van der Waals surface area (Å²) < 4.78 is 0. The molecule has 4 nitrogen and oxygen atoms in total. The zero-order valence-corrected chi connectivity index (χ0v) is 17.6. The summed E-state index contributed by atoms with van der Waals surface area (Å²) >= 11 is 1.63. The molecule has 0 saturated heterocycles. The van der Waals surface area contributed by atoms with E-state index in [1.165, 1.54) is 5.56 Å². The summed E-state index contributed by atoms with van der Waals surface area (Å²) in [5, 5.41) is 3.07. The van der Waals surface area contributed by atoms with E-state index in [0.29, 0.717) is 6.42 Å². The van der Waals surface area contributed by atoms with Crippen LogP contribution in [0, 0.1) is 0 Å². The van der Waals surface area contributed by atoms with Gasteiger partial charge >= 0.3 is 0 Å². The average molecular weight is 392 g/mol. The number of rotatable bonds is 3. The molecular weight excluding hydrogens is 366 g/mol. The van der Waals surface area contributed by atoms with Crippen molar-refractivity contribution in [3.63, 3.8) is 0 Å². The molecule has 4 rings (SSSR count). The van der Waals surface area contributed by atoms with Gasteiger partial charge in [-0.25, -0.2) is 4.98 Å². The van der Waals surface area contributed by atoms with Gasteiger partial charge in [-0.05, 0) is 55.5 Å².